The quantitative estimate of drug-likeness (QED) is 0.905. The first-order chi connectivity index (χ1) is 9.26. The van der Waals surface area contributed by atoms with Crippen LogP contribution in [0.5, 0.6) is 0 Å². The minimum absolute atomic E-state index is 0.206. The summed E-state index contributed by atoms with van der Waals surface area (Å²) in [5, 5.41) is 3.25. The third-order valence-corrected chi connectivity index (χ3v) is 3.23. The molecule has 2 rings (SSSR count). The molecule has 0 spiro atoms. The van der Waals surface area contributed by atoms with Crippen molar-refractivity contribution < 1.29 is 4.39 Å². The number of aliphatic imine (C=N–C) groups is 1. The maximum absolute atomic E-state index is 13.9. The van der Waals surface area contributed by atoms with Crippen molar-refractivity contribution in [3.63, 3.8) is 0 Å². The molecule has 0 aromatic heterocycles. The minimum Gasteiger partial charge on any atom is -0.383 e. The van der Waals surface area contributed by atoms with Crippen molar-refractivity contribution in [1.29, 1.82) is 0 Å². The van der Waals surface area contributed by atoms with E-state index in [1.54, 1.807) is 12.1 Å². The van der Waals surface area contributed by atoms with Crippen LogP contribution in [0.25, 0.3) is 5.70 Å². The van der Waals surface area contributed by atoms with E-state index < -0.39 is 0 Å². The number of hydrogen-bond donors (Lipinski definition) is 1. The number of rotatable bonds is 3. The second-order valence-electron chi connectivity index (χ2n) is 4.38. The Bertz CT molecular complexity index is 490. The molecule has 102 valence electrons. The Labute approximate surface area is 113 Å². The summed E-state index contributed by atoms with van der Waals surface area (Å²) >= 11 is 0. The number of nitrogens with zero attached hydrogens (tertiary/aromatic N) is 2. The minimum atomic E-state index is -0.206. The number of likely N-dealkylation sites (N-methyl/N-ethyl adjacent to an activating group) is 1. The summed E-state index contributed by atoms with van der Waals surface area (Å²) < 4.78 is 13.9. The van der Waals surface area contributed by atoms with Crippen LogP contribution in [0.4, 0.5) is 4.39 Å². The molecule has 3 nitrogen and oxygen atoms in total. The summed E-state index contributed by atoms with van der Waals surface area (Å²) in [5.41, 5.74) is 1.41. The van der Waals surface area contributed by atoms with Crippen LogP contribution in [0.1, 0.15) is 19.4 Å². The Kier molecular flexibility index (Phi) is 4.55. The van der Waals surface area contributed by atoms with Crippen molar-refractivity contribution in [2.24, 2.45) is 4.99 Å². The molecule has 1 aliphatic heterocycles. The van der Waals surface area contributed by atoms with Crippen molar-refractivity contribution in [1.82, 2.24) is 10.2 Å². The predicted octanol–water partition coefficient (Wildman–Crippen LogP) is 2.51. The van der Waals surface area contributed by atoms with E-state index in [9.17, 15) is 4.39 Å². The van der Waals surface area contributed by atoms with Gasteiger partial charge in [0.05, 0.1) is 6.54 Å². The Morgan fingerprint density at radius 3 is 2.68 bits per heavy atom. The lowest BCUT2D eigenvalue weighted by atomic mass is 10.1. The lowest BCUT2D eigenvalue weighted by Crippen LogP contribution is -2.29. The van der Waals surface area contributed by atoms with Crippen LogP contribution in [0, 0.1) is 5.82 Å². The molecule has 1 aromatic carbocycles. The zero-order chi connectivity index (χ0) is 13.7. The lowest BCUT2D eigenvalue weighted by molar-refractivity contribution is 0.466. The topological polar surface area (TPSA) is 27.6 Å². The van der Waals surface area contributed by atoms with Gasteiger partial charge in [0.2, 0.25) is 0 Å². The molecule has 1 aromatic rings. The largest absolute Gasteiger partial charge is 0.383 e. The van der Waals surface area contributed by atoms with E-state index in [1.807, 2.05) is 12.1 Å². The van der Waals surface area contributed by atoms with Crippen molar-refractivity contribution in [2.75, 3.05) is 26.2 Å². The summed E-state index contributed by atoms with van der Waals surface area (Å²) in [5.74, 6) is 0.718. The number of halogens is 1. The first-order valence-corrected chi connectivity index (χ1v) is 6.76. The molecule has 4 heteroatoms. The molecular weight excluding hydrogens is 241 g/mol. The van der Waals surface area contributed by atoms with Gasteiger partial charge < -0.3 is 10.2 Å². The van der Waals surface area contributed by atoms with Gasteiger partial charge in [-0.3, -0.25) is 4.99 Å². The zero-order valence-corrected chi connectivity index (χ0v) is 11.5. The van der Waals surface area contributed by atoms with Crippen molar-refractivity contribution in [3.8, 4) is 0 Å². The third kappa shape index (κ3) is 3.13. The molecule has 0 radical (unpaired) electrons. The molecule has 0 aliphatic carbocycles. The fraction of sp³-hybridized carbons (Fsp3) is 0.400. The first-order valence-electron chi connectivity index (χ1n) is 6.76. The van der Waals surface area contributed by atoms with Gasteiger partial charge in [-0.15, -0.1) is 0 Å². The van der Waals surface area contributed by atoms with Crippen LogP contribution in [0.2, 0.25) is 0 Å². The monoisotopic (exact) mass is 261 g/mol. The number of nitrogens with one attached hydrogen (secondary N) is 1. The molecule has 0 saturated carbocycles. The van der Waals surface area contributed by atoms with E-state index in [0.717, 1.165) is 31.2 Å². The maximum Gasteiger partial charge on any atom is 0.132 e. The highest BCUT2D eigenvalue weighted by Gasteiger charge is 2.13. The smallest absolute Gasteiger partial charge is 0.132 e. The average molecular weight is 261 g/mol. The molecule has 0 saturated heterocycles. The van der Waals surface area contributed by atoms with E-state index in [2.05, 4.69) is 29.1 Å². The van der Waals surface area contributed by atoms with Crippen LogP contribution < -0.4 is 5.32 Å². The van der Waals surface area contributed by atoms with Gasteiger partial charge in [-0.2, -0.15) is 0 Å². The second kappa shape index (κ2) is 6.36. The van der Waals surface area contributed by atoms with E-state index in [4.69, 9.17) is 0 Å². The highest BCUT2D eigenvalue weighted by atomic mass is 19.1. The predicted molar refractivity (Wildman–Crippen MR) is 77.6 cm³/mol. The van der Waals surface area contributed by atoms with Gasteiger partial charge in [0.25, 0.3) is 0 Å². The SMILES string of the molecule is CCN(CC)C1=NCCNC(c2ccccc2F)=C1. The van der Waals surface area contributed by atoms with E-state index >= 15 is 0 Å². The summed E-state index contributed by atoms with van der Waals surface area (Å²) in [7, 11) is 0. The van der Waals surface area contributed by atoms with Crippen LogP contribution in [0.3, 0.4) is 0 Å². The summed E-state index contributed by atoms with van der Waals surface area (Å²) in [6.07, 6.45) is 1.94. The van der Waals surface area contributed by atoms with E-state index in [-0.39, 0.29) is 5.82 Å². The summed E-state index contributed by atoms with van der Waals surface area (Å²) in [4.78, 5) is 6.73. The Morgan fingerprint density at radius 2 is 2.00 bits per heavy atom. The van der Waals surface area contributed by atoms with E-state index in [0.29, 0.717) is 12.1 Å². The van der Waals surface area contributed by atoms with Gasteiger partial charge in [-0.05, 0) is 26.0 Å². The molecule has 0 amide bonds. The molecule has 0 atom stereocenters. The first kappa shape index (κ1) is 13.6. The van der Waals surface area contributed by atoms with Gasteiger partial charge in [0.1, 0.15) is 11.7 Å². The van der Waals surface area contributed by atoms with Gasteiger partial charge in [0, 0.05) is 37.0 Å². The van der Waals surface area contributed by atoms with Gasteiger partial charge in [0.15, 0.2) is 0 Å². The highest BCUT2D eigenvalue weighted by molar-refractivity contribution is 5.99. The molecule has 19 heavy (non-hydrogen) atoms. The third-order valence-electron chi connectivity index (χ3n) is 3.23. The normalized spacial score (nSPS) is 15.1. The average Bonchev–Trinajstić information content (AvgIpc) is 2.67. The molecule has 1 heterocycles. The fourth-order valence-electron chi connectivity index (χ4n) is 2.18. The van der Waals surface area contributed by atoms with Crippen LogP contribution in [-0.2, 0) is 0 Å². The standard InChI is InChI=1S/C15H20FN3/c1-3-19(4-2)15-11-14(17-9-10-18-15)12-7-5-6-8-13(12)16/h5-8,11,17H,3-4,9-10H2,1-2H3. The van der Waals surface area contributed by atoms with Crippen LogP contribution in [0.15, 0.2) is 35.3 Å². The van der Waals surface area contributed by atoms with Gasteiger partial charge >= 0.3 is 0 Å². The van der Waals surface area contributed by atoms with Crippen LogP contribution in [-0.4, -0.2) is 36.9 Å². The van der Waals surface area contributed by atoms with Crippen LogP contribution >= 0.6 is 0 Å². The Morgan fingerprint density at radius 1 is 1.26 bits per heavy atom. The fourth-order valence-corrected chi connectivity index (χ4v) is 2.18. The number of benzene rings is 1. The molecule has 0 fully saturated rings. The van der Waals surface area contributed by atoms with Crippen molar-refractivity contribution in [2.45, 2.75) is 13.8 Å². The maximum atomic E-state index is 13.9. The van der Waals surface area contributed by atoms with Crippen molar-refractivity contribution in [3.05, 3.63) is 41.7 Å². The highest BCUT2D eigenvalue weighted by Crippen LogP contribution is 2.17. The number of amidine groups is 1. The van der Waals surface area contributed by atoms with E-state index in [1.165, 1.54) is 6.07 Å². The zero-order valence-electron chi connectivity index (χ0n) is 11.5. The Balaban J connectivity index is 2.35. The molecule has 1 N–H and O–H groups in total. The van der Waals surface area contributed by atoms with Gasteiger partial charge in [-0.25, -0.2) is 4.39 Å². The second-order valence-corrected chi connectivity index (χ2v) is 4.38. The van der Waals surface area contributed by atoms with Gasteiger partial charge in [-0.1, -0.05) is 12.1 Å². The molecule has 0 bridgehead atoms. The number of hydrogen-bond acceptors (Lipinski definition) is 3. The molecular formula is C15H20FN3. The van der Waals surface area contributed by atoms with Crippen molar-refractivity contribution >= 4 is 11.5 Å². The summed E-state index contributed by atoms with van der Waals surface area (Å²) in [6, 6.07) is 6.83. The molecule has 1 aliphatic rings. The molecule has 0 unspecified atom stereocenters. The summed E-state index contributed by atoms with van der Waals surface area (Å²) in [6.45, 7) is 7.43. The lowest BCUT2D eigenvalue weighted by Gasteiger charge is -2.20. The Hall–Kier alpha value is -1.84.